The Morgan fingerprint density at radius 2 is 1.75 bits per heavy atom. The van der Waals surface area contributed by atoms with Crippen molar-refractivity contribution in [1.29, 1.82) is 0 Å². The number of carbonyl (C=O) groups excluding carboxylic acids is 3. The first-order chi connectivity index (χ1) is 11.3. The lowest BCUT2D eigenvalue weighted by Crippen LogP contribution is -2.47. The molecule has 1 rings (SSSR count). The van der Waals surface area contributed by atoms with Crippen molar-refractivity contribution in [3.8, 4) is 0 Å². The Balaban J connectivity index is 2.64. The summed E-state index contributed by atoms with van der Waals surface area (Å²) in [6, 6.07) is 1.31. The van der Waals surface area contributed by atoms with Gasteiger partial charge in [0.2, 0.25) is 0 Å². The third-order valence-corrected chi connectivity index (χ3v) is 3.42. The van der Waals surface area contributed by atoms with Crippen molar-refractivity contribution in [3.05, 3.63) is 35.4 Å². The van der Waals surface area contributed by atoms with E-state index in [1.165, 1.54) is 7.11 Å². The van der Waals surface area contributed by atoms with E-state index in [0.29, 0.717) is 12.5 Å². The van der Waals surface area contributed by atoms with Gasteiger partial charge in [-0.25, -0.2) is 18.4 Å². The second-order valence-corrected chi connectivity index (χ2v) is 5.19. The van der Waals surface area contributed by atoms with Crippen LogP contribution in [0.1, 0.15) is 30.6 Å². The van der Waals surface area contributed by atoms with E-state index in [-0.39, 0.29) is 11.5 Å². The monoisotopic (exact) mass is 343 g/mol. The minimum absolute atomic E-state index is 0.186. The molecule has 1 amide bonds. The Labute approximate surface area is 138 Å². The van der Waals surface area contributed by atoms with Gasteiger partial charge >= 0.3 is 11.9 Å². The van der Waals surface area contributed by atoms with Crippen LogP contribution in [0.4, 0.5) is 8.78 Å². The van der Waals surface area contributed by atoms with E-state index in [2.05, 4.69) is 10.1 Å². The number of methoxy groups -OCH3 is 1. The molecule has 0 saturated carbocycles. The van der Waals surface area contributed by atoms with E-state index in [9.17, 15) is 23.2 Å². The molecule has 0 bridgehead atoms. The summed E-state index contributed by atoms with van der Waals surface area (Å²) in [6.45, 7) is 2.90. The van der Waals surface area contributed by atoms with Gasteiger partial charge in [0, 0.05) is 6.07 Å². The maximum atomic E-state index is 13.0. The van der Waals surface area contributed by atoms with E-state index in [4.69, 9.17) is 4.74 Å². The minimum atomic E-state index is -1.05. The molecule has 0 unspecified atom stereocenters. The number of carbonyl (C=O) groups is 3. The largest absolute Gasteiger partial charge is 0.467 e. The van der Waals surface area contributed by atoms with Crippen molar-refractivity contribution in [2.75, 3.05) is 13.7 Å². The number of hydrogen-bond donors (Lipinski definition) is 1. The average Bonchev–Trinajstić information content (AvgIpc) is 2.55. The third kappa shape index (κ3) is 5.60. The minimum Gasteiger partial charge on any atom is -0.467 e. The summed E-state index contributed by atoms with van der Waals surface area (Å²) in [5, 5.41) is 2.41. The Morgan fingerprint density at radius 1 is 1.17 bits per heavy atom. The second kappa shape index (κ2) is 8.95. The SMILES string of the molecule is CC[C@@H](C)[C@@H](NC(=O)COC(=O)c1cc(F)cc(F)c1)C(=O)OC. The quantitative estimate of drug-likeness (QED) is 0.764. The van der Waals surface area contributed by atoms with Crippen molar-refractivity contribution in [2.24, 2.45) is 5.92 Å². The van der Waals surface area contributed by atoms with E-state index < -0.39 is 42.1 Å². The molecule has 0 aliphatic carbocycles. The zero-order chi connectivity index (χ0) is 18.3. The molecular formula is C16H19F2NO5. The van der Waals surface area contributed by atoms with Crippen LogP contribution in [0.15, 0.2) is 18.2 Å². The van der Waals surface area contributed by atoms with Crippen LogP contribution in [-0.4, -0.2) is 37.6 Å². The lowest BCUT2D eigenvalue weighted by molar-refractivity contribution is -0.147. The van der Waals surface area contributed by atoms with Crippen molar-refractivity contribution in [3.63, 3.8) is 0 Å². The average molecular weight is 343 g/mol. The zero-order valence-electron chi connectivity index (χ0n) is 13.6. The van der Waals surface area contributed by atoms with Crippen LogP contribution < -0.4 is 5.32 Å². The molecule has 8 heteroatoms. The summed E-state index contributed by atoms with van der Waals surface area (Å²) in [5.74, 6) is -4.45. The van der Waals surface area contributed by atoms with E-state index in [0.717, 1.165) is 12.1 Å². The molecule has 1 aromatic rings. The van der Waals surface area contributed by atoms with E-state index in [1.54, 1.807) is 6.92 Å². The molecule has 0 saturated heterocycles. The van der Waals surface area contributed by atoms with E-state index >= 15 is 0 Å². The lowest BCUT2D eigenvalue weighted by atomic mass is 9.99. The van der Waals surface area contributed by atoms with Crippen LogP contribution in [-0.2, 0) is 19.1 Å². The number of halogens is 2. The van der Waals surface area contributed by atoms with Crippen LogP contribution in [0.25, 0.3) is 0 Å². The predicted octanol–water partition coefficient (Wildman–Crippen LogP) is 1.83. The molecule has 0 aromatic heterocycles. The predicted molar refractivity (Wildman–Crippen MR) is 80.0 cm³/mol. The summed E-state index contributed by atoms with van der Waals surface area (Å²) in [7, 11) is 1.20. The van der Waals surface area contributed by atoms with Gasteiger partial charge in [0.05, 0.1) is 12.7 Å². The van der Waals surface area contributed by atoms with Crippen LogP contribution >= 0.6 is 0 Å². The van der Waals surface area contributed by atoms with Crippen LogP contribution in [0.5, 0.6) is 0 Å². The Hall–Kier alpha value is -2.51. The first-order valence-corrected chi connectivity index (χ1v) is 7.28. The molecular weight excluding hydrogens is 324 g/mol. The lowest BCUT2D eigenvalue weighted by Gasteiger charge is -2.21. The van der Waals surface area contributed by atoms with E-state index in [1.807, 2.05) is 6.92 Å². The molecule has 0 radical (unpaired) electrons. The Bertz CT molecular complexity index is 600. The van der Waals surface area contributed by atoms with Gasteiger partial charge in [0.1, 0.15) is 17.7 Å². The molecule has 0 aliphatic heterocycles. The van der Waals surface area contributed by atoms with Gasteiger partial charge in [0.25, 0.3) is 5.91 Å². The van der Waals surface area contributed by atoms with Crippen molar-refractivity contribution < 1.29 is 32.6 Å². The highest BCUT2D eigenvalue weighted by Crippen LogP contribution is 2.10. The Morgan fingerprint density at radius 3 is 2.25 bits per heavy atom. The second-order valence-electron chi connectivity index (χ2n) is 5.19. The molecule has 2 atom stereocenters. The van der Waals surface area contributed by atoms with Gasteiger partial charge in [-0.3, -0.25) is 4.79 Å². The number of ether oxygens (including phenoxy) is 2. The van der Waals surface area contributed by atoms with Crippen LogP contribution in [0.3, 0.4) is 0 Å². The third-order valence-electron chi connectivity index (χ3n) is 3.42. The van der Waals surface area contributed by atoms with Gasteiger partial charge in [-0.15, -0.1) is 0 Å². The molecule has 0 aliphatic rings. The van der Waals surface area contributed by atoms with Gasteiger partial charge in [0.15, 0.2) is 6.61 Å². The number of benzene rings is 1. The van der Waals surface area contributed by atoms with Gasteiger partial charge < -0.3 is 14.8 Å². The smallest absolute Gasteiger partial charge is 0.338 e. The van der Waals surface area contributed by atoms with Gasteiger partial charge in [-0.1, -0.05) is 20.3 Å². The van der Waals surface area contributed by atoms with Gasteiger partial charge in [-0.05, 0) is 18.1 Å². The van der Waals surface area contributed by atoms with Crippen molar-refractivity contribution in [1.82, 2.24) is 5.32 Å². The fourth-order valence-corrected chi connectivity index (χ4v) is 1.90. The highest BCUT2D eigenvalue weighted by Gasteiger charge is 2.27. The molecule has 1 aromatic carbocycles. The molecule has 0 spiro atoms. The van der Waals surface area contributed by atoms with Crippen LogP contribution in [0.2, 0.25) is 0 Å². The fourth-order valence-electron chi connectivity index (χ4n) is 1.90. The summed E-state index contributed by atoms with van der Waals surface area (Å²) >= 11 is 0. The van der Waals surface area contributed by atoms with Crippen molar-refractivity contribution >= 4 is 17.8 Å². The molecule has 132 valence electrons. The normalized spacial score (nSPS) is 12.9. The summed E-state index contributed by atoms with van der Waals surface area (Å²) in [4.78, 5) is 35.2. The molecule has 1 N–H and O–H groups in total. The number of esters is 2. The van der Waals surface area contributed by atoms with Crippen molar-refractivity contribution in [2.45, 2.75) is 26.3 Å². The summed E-state index contributed by atoms with van der Waals surface area (Å²) < 4.78 is 35.4. The molecule has 0 heterocycles. The summed E-state index contributed by atoms with van der Waals surface area (Å²) in [5.41, 5.74) is -0.355. The van der Waals surface area contributed by atoms with Gasteiger partial charge in [-0.2, -0.15) is 0 Å². The first kappa shape index (κ1) is 19.5. The number of hydrogen-bond acceptors (Lipinski definition) is 5. The summed E-state index contributed by atoms with van der Waals surface area (Å²) in [6.07, 6.45) is 0.613. The fraction of sp³-hybridized carbons (Fsp3) is 0.438. The number of amides is 1. The maximum absolute atomic E-state index is 13.0. The number of rotatable bonds is 7. The highest BCUT2D eigenvalue weighted by molar-refractivity contribution is 5.92. The van der Waals surface area contributed by atoms with Crippen LogP contribution in [0, 0.1) is 17.6 Å². The zero-order valence-corrected chi connectivity index (χ0v) is 13.6. The molecule has 6 nitrogen and oxygen atoms in total. The highest BCUT2D eigenvalue weighted by atomic mass is 19.1. The Kier molecular flexibility index (Phi) is 7.29. The first-order valence-electron chi connectivity index (χ1n) is 7.28. The molecule has 24 heavy (non-hydrogen) atoms. The topological polar surface area (TPSA) is 81.7 Å². The standard InChI is InChI=1S/C16H19F2NO5/c1-4-9(2)14(16(22)23-3)19-13(20)8-24-15(21)10-5-11(17)7-12(18)6-10/h5-7,9,14H,4,8H2,1-3H3,(H,19,20)/t9-,14-/m1/s1. The maximum Gasteiger partial charge on any atom is 0.338 e. The number of nitrogens with one attached hydrogen (secondary N) is 1. The molecule has 0 fully saturated rings.